The zero-order chi connectivity index (χ0) is 14.6. The first-order chi connectivity index (χ1) is 9.30. The van der Waals surface area contributed by atoms with Gasteiger partial charge in [0.2, 0.25) is 10.0 Å². The monoisotopic (exact) mass is 319 g/mol. The fourth-order valence-corrected chi connectivity index (χ4v) is 8.34. The Balaban J connectivity index is 1.76. The fourth-order valence-electron chi connectivity index (χ4n) is 4.04. The molecule has 2 unspecified atom stereocenters. The lowest BCUT2D eigenvalue weighted by Crippen LogP contribution is -2.54. The van der Waals surface area contributed by atoms with Gasteiger partial charge >= 0.3 is 0 Å². The molecular weight excluding hydrogens is 294 g/mol. The number of rotatable bonds is 5. The van der Waals surface area contributed by atoms with E-state index >= 15 is 0 Å². The Hall–Kier alpha value is 0.220. The molecule has 3 fully saturated rings. The van der Waals surface area contributed by atoms with Crippen molar-refractivity contribution in [2.24, 2.45) is 5.92 Å². The third-order valence-electron chi connectivity index (χ3n) is 5.25. The Morgan fingerprint density at radius 3 is 2.25 bits per heavy atom. The van der Waals surface area contributed by atoms with Crippen LogP contribution in [0.5, 0.6) is 0 Å². The molecule has 0 aromatic rings. The maximum atomic E-state index is 12.8. The summed E-state index contributed by atoms with van der Waals surface area (Å²) in [5.74, 6) is 0.193. The topological polar surface area (TPSA) is 55.4 Å². The van der Waals surface area contributed by atoms with E-state index in [-0.39, 0.29) is 11.5 Å². The van der Waals surface area contributed by atoms with E-state index in [0.29, 0.717) is 23.5 Å². The minimum absolute atomic E-state index is 0.193. The Morgan fingerprint density at radius 1 is 1.25 bits per heavy atom. The first kappa shape index (κ1) is 15.1. The van der Waals surface area contributed by atoms with Crippen LogP contribution in [0.1, 0.15) is 46.0 Å². The summed E-state index contributed by atoms with van der Waals surface area (Å²) in [6, 6.07) is 0. The molecule has 1 saturated carbocycles. The van der Waals surface area contributed by atoms with Crippen molar-refractivity contribution in [3.8, 4) is 0 Å². The second kappa shape index (κ2) is 4.86. The Bertz CT molecular complexity index is 481. The van der Waals surface area contributed by atoms with Crippen LogP contribution < -0.4 is 4.72 Å². The normalized spacial score (nSPS) is 47.5. The molecule has 116 valence electrons. The predicted molar refractivity (Wildman–Crippen MR) is 82.5 cm³/mol. The number of methoxy groups -OCH3 is 1. The van der Waals surface area contributed by atoms with Crippen molar-refractivity contribution >= 4 is 21.8 Å². The van der Waals surface area contributed by atoms with E-state index < -0.39 is 14.8 Å². The predicted octanol–water partition coefficient (Wildman–Crippen LogP) is 2.15. The molecule has 3 aliphatic rings. The van der Waals surface area contributed by atoms with E-state index in [0.717, 1.165) is 12.8 Å². The van der Waals surface area contributed by atoms with Gasteiger partial charge in [-0.05, 0) is 44.9 Å². The highest BCUT2D eigenvalue weighted by molar-refractivity contribution is 8.00. The summed E-state index contributed by atoms with van der Waals surface area (Å²) in [7, 11) is -1.74. The number of sulfonamides is 1. The molecule has 0 spiro atoms. The molecule has 2 aliphatic heterocycles. The molecule has 4 nitrogen and oxygen atoms in total. The lowest BCUT2D eigenvalue weighted by atomic mass is 9.93. The smallest absolute Gasteiger partial charge is 0.220 e. The van der Waals surface area contributed by atoms with Crippen LogP contribution in [0.15, 0.2) is 0 Å². The molecule has 3 rings (SSSR count). The molecule has 0 radical (unpaired) electrons. The molecule has 20 heavy (non-hydrogen) atoms. The Kier molecular flexibility index (Phi) is 3.68. The standard InChI is InChI=1S/C14H25NO3S2/c1-10-6-14(10,9-18-3)20(16,17)15-13(2)7-11-4-5-12(8-13)19-11/h10-12,15H,4-9H2,1-3H3/t10-,11?,12?,13?,14+/m0/s1. The third kappa shape index (κ3) is 2.42. The lowest BCUT2D eigenvalue weighted by molar-refractivity contribution is 0.187. The van der Waals surface area contributed by atoms with Gasteiger partial charge in [-0.3, -0.25) is 0 Å². The van der Waals surface area contributed by atoms with Crippen LogP contribution in [0.3, 0.4) is 0 Å². The summed E-state index contributed by atoms with van der Waals surface area (Å²) in [4.78, 5) is 0. The molecule has 6 heteroatoms. The highest BCUT2D eigenvalue weighted by Gasteiger charge is 2.62. The van der Waals surface area contributed by atoms with Gasteiger partial charge in [0.15, 0.2) is 0 Å². The highest BCUT2D eigenvalue weighted by Crippen LogP contribution is 2.52. The summed E-state index contributed by atoms with van der Waals surface area (Å²) >= 11 is 2.06. The maximum absolute atomic E-state index is 12.8. The molecule has 0 amide bonds. The van der Waals surface area contributed by atoms with Crippen molar-refractivity contribution in [3.05, 3.63) is 0 Å². The number of nitrogens with one attached hydrogen (secondary N) is 1. The van der Waals surface area contributed by atoms with Crippen molar-refractivity contribution in [2.45, 2.75) is 66.7 Å². The molecule has 0 aromatic heterocycles. The number of thioether (sulfide) groups is 1. The minimum Gasteiger partial charge on any atom is -0.383 e. The second-order valence-corrected chi connectivity index (χ2v) is 10.8. The average molecular weight is 319 g/mol. The molecule has 0 aromatic carbocycles. The largest absolute Gasteiger partial charge is 0.383 e. The van der Waals surface area contributed by atoms with Crippen molar-refractivity contribution < 1.29 is 13.2 Å². The highest BCUT2D eigenvalue weighted by atomic mass is 32.2. The summed E-state index contributed by atoms with van der Waals surface area (Å²) in [6.07, 6.45) is 5.13. The van der Waals surface area contributed by atoms with Crippen LogP contribution in [0, 0.1) is 5.92 Å². The van der Waals surface area contributed by atoms with Crippen LogP contribution in [-0.4, -0.2) is 42.9 Å². The third-order valence-corrected chi connectivity index (χ3v) is 9.34. The van der Waals surface area contributed by atoms with Gasteiger partial charge in [-0.25, -0.2) is 13.1 Å². The maximum Gasteiger partial charge on any atom is 0.220 e. The number of hydrogen-bond acceptors (Lipinski definition) is 4. The molecule has 2 saturated heterocycles. The van der Waals surface area contributed by atoms with Gasteiger partial charge in [0.1, 0.15) is 4.75 Å². The average Bonchev–Trinajstić information content (AvgIpc) is 2.85. The summed E-state index contributed by atoms with van der Waals surface area (Å²) in [5.41, 5.74) is -0.265. The van der Waals surface area contributed by atoms with Gasteiger partial charge < -0.3 is 4.74 Å². The van der Waals surface area contributed by atoms with Gasteiger partial charge in [-0.2, -0.15) is 11.8 Å². The van der Waals surface area contributed by atoms with Gasteiger partial charge in [0.05, 0.1) is 6.61 Å². The van der Waals surface area contributed by atoms with Crippen LogP contribution >= 0.6 is 11.8 Å². The first-order valence-corrected chi connectivity index (χ1v) is 9.91. The van der Waals surface area contributed by atoms with Crippen LogP contribution in [0.4, 0.5) is 0 Å². The van der Waals surface area contributed by atoms with Crippen LogP contribution in [0.25, 0.3) is 0 Å². The Morgan fingerprint density at radius 2 is 1.80 bits per heavy atom. The van der Waals surface area contributed by atoms with Crippen molar-refractivity contribution in [3.63, 3.8) is 0 Å². The molecule has 1 aliphatic carbocycles. The molecule has 1 N–H and O–H groups in total. The van der Waals surface area contributed by atoms with E-state index in [1.54, 1.807) is 7.11 Å². The van der Waals surface area contributed by atoms with E-state index in [4.69, 9.17) is 4.74 Å². The van der Waals surface area contributed by atoms with Gasteiger partial charge in [-0.15, -0.1) is 0 Å². The Labute approximate surface area is 126 Å². The van der Waals surface area contributed by atoms with Crippen LogP contribution in [-0.2, 0) is 14.8 Å². The van der Waals surface area contributed by atoms with Crippen molar-refractivity contribution in [2.75, 3.05) is 13.7 Å². The zero-order valence-electron chi connectivity index (χ0n) is 12.5. The van der Waals surface area contributed by atoms with Crippen molar-refractivity contribution in [1.29, 1.82) is 0 Å². The zero-order valence-corrected chi connectivity index (χ0v) is 14.1. The van der Waals surface area contributed by atoms with Gasteiger partial charge in [-0.1, -0.05) is 6.92 Å². The first-order valence-electron chi connectivity index (χ1n) is 7.48. The summed E-state index contributed by atoms with van der Waals surface area (Å²) < 4.78 is 33.2. The van der Waals surface area contributed by atoms with Gasteiger partial charge in [0.25, 0.3) is 0 Å². The molecule has 2 bridgehead atoms. The summed E-state index contributed by atoms with van der Waals surface area (Å²) in [5, 5.41) is 1.27. The minimum atomic E-state index is -3.32. The fraction of sp³-hybridized carbons (Fsp3) is 1.00. The van der Waals surface area contributed by atoms with Crippen LogP contribution in [0.2, 0.25) is 0 Å². The SMILES string of the molecule is COC[C@]1(S(=O)(=O)NC2(C)CC3CCC(C2)S3)C[C@@H]1C. The lowest BCUT2D eigenvalue weighted by Gasteiger charge is -2.39. The molecular formula is C14H25NO3S2. The molecule has 4 atom stereocenters. The summed E-state index contributed by atoms with van der Waals surface area (Å²) in [6.45, 7) is 4.39. The van der Waals surface area contributed by atoms with Gasteiger partial charge in [0, 0.05) is 23.1 Å². The number of hydrogen-bond donors (Lipinski definition) is 1. The second-order valence-electron chi connectivity index (χ2n) is 7.13. The van der Waals surface area contributed by atoms with Crippen molar-refractivity contribution in [1.82, 2.24) is 4.72 Å². The number of ether oxygens (including phenoxy) is 1. The molecule has 2 heterocycles. The van der Waals surface area contributed by atoms with E-state index in [1.807, 2.05) is 6.92 Å². The van der Waals surface area contributed by atoms with E-state index in [2.05, 4.69) is 23.4 Å². The quantitative estimate of drug-likeness (QED) is 0.843. The van der Waals surface area contributed by atoms with E-state index in [9.17, 15) is 8.42 Å². The number of fused-ring (bicyclic) bond motifs is 2. The van der Waals surface area contributed by atoms with E-state index in [1.165, 1.54) is 12.8 Å².